The molecule has 0 aliphatic heterocycles. The molecule has 0 spiro atoms. The Hall–Kier alpha value is -3.18. The molecular formula is C24H20N2O2S. The van der Waals surface area contributed by atoms with E-state index in [9.17, 15) is 4.79 Å². The van der Waals surface area contributed by atoms with Crippen LogP contribution in [-0.4, -0.2) is 16.0 Å². The first-order valence-corrected chi connectivity index (χ1v) is 10.2. The van der Waals surface area contributed by atoms with Crippen LogP contribution in [0.4, 0.5) is 0 Å². The molecule has 0 saturated heterocycles. The minimum absolute atomic E-state index is 0.0123. The third-order valence-corrected chi connectivity index (χ3v) is 5.69. The molecule has 0 radical (unpaired) electrons. The van der Waals surface area contributed by atoms with E-state index in [2.05, 4.69) is 10.2 Å². The fourth-order valence-electron chi connectivity index (χ4n) is 2.94. The van der Waals surface area contributed by atoms with E-state index < -0.39 is 5.25 Å². The van der Waals surface area contributed by atoms with Gasteiger partial charge in [0.15, 0.2) is 5.78 Å². The van der Waals surface area contributed by atoms with E-state index in [-0.39, 0.29) is 5.78 Å². The molecule has 1 unspecified atom stereocenters. The maximum absolute atomic E-state index is 13.3. The third kappa shape index (κ3) is 4.46. The maximum Gasteiger partial charge on any atom is 0.277 e. The Morgan fingerprint density at radius 2 is 1.45 bits per heavy atom. The lowest BCUT2D eigenvalue weighted by molar-refractivity contribution is 0.0989. The standard InChI is InChI=1S/C24H20N2O2S/c1-16-8-12-18(13-9-16)21(27)22(19-14-10-17(2)11-15-19)29-24-26-25-23(28-24)20-6-4-3-5-7-20/h3-15,22H,1-2H3. The number of aromatic nitrogens is 2. The second-order valence-corrected chi connectivity index (χ2v) is 7.93. The van der Waals surface area contributed by atoms with E-state index in [0.717, 1.165) is 22.3 Å². The molecule has 0 bridgehead atoms. The Labute approximate surface area is 174 Å². The van der Waals surface area contributed by atoms with Gasteiger partial charge in [0.05, 0.1) is 0 Å². The quantitative estimate of drug-likeness (QED) is 0.290. The number of nitrogens with zero attached hydrogens (tertiary/aromatic N) is 2. The zero-order valence-corrected chi connectivity index (χ0v) is 17.0. The van der Waals surface area contributed by atoms with Crippen LogP contribution in [0.1, 0.15) is 32.3 Å². The molecule has 4 aromatic rings. The summed E-state index contributed by atoms with van der Waals surface area (Å²) in [5.74, 6) is 0.455. The Morgan fingerprint density at radius 3 is 2.10 bits per heavy atom. The predicted octanol–water partition coefficient (Wildman–Crippen LogP) is 6.07. The van der Waals surface area contributed by atoms with Crippen LogP contribution in [0.2, 0.25) is 0 Å². The number of aryl methyl sites for hydroxylation is 2. The van der Waals surface area contributed by atoms with Crippen LogP contribution in [0.3, 0.4) is 0 Å². The summed E-state index contributed by atoms with van der Waals surface area (Å²) in [6.45, 7) is 4.03. The molecule has 0 aliphatic rings. The van der Waals surface area contributed by atoms with Gasteiger partial charge >= 0.3 is 0 Å². The lowest BCUT2D eigenvalue weighted by atomic mass is 10.0. The van der Waals surface area contributed by atoms with Gasteiger partial charge < -0.3 is 4.42 Å². The topological polar surface area (TPSA) is 56.0 Å². The van der Waals surface area contributed by atoms with Gasteiger partial charge in [-0.1, -0.05) is 77.9 Å². The molecule has 1 heterocycles. The van der Waals surface area contributed by atoms with Gasteiger partial charge in [0.1, 0.15) is 5.25 Å². The Kier molecular flexibility index (Phi) is 5.58. The highest BCUT2D eigenvalue weighted by molar-refractivity contribution is 8.00. The first-order chi connectivity index (χ1) is 14.1. The highest BCUT2D eigenvalue weighted by Gasteiger charge is 2.26. The molecule has 5 heteroatoms. The summed E-state index contributed by atoms with van der Waals surface area (Å²) in [6, 6.07) is 25.2. The smallest absolute Gasteiger partial charge is 0.277 e. The van der Waals surface area contributed by atoms with Crippen LogP contribution in [0.15, 0.2) is 88.5 Å². The minimum atomic E-state index is -0.470. The van der Waals surface area contributed by atoms with Crippen LogP contribution in [-0.2, 0) is 0 Å². The number of hydrogen-bond acceptors (Lipinski definition) is 5. The van der Waals surface area contributed by atoms with E-state index in [1.165, 1.54) is 11.8 Å². The van der Waals surface area contributed by atoms with Gasteiger partial charge in [-0.05, 0) is 43.3 Å². The maximum atomic E-state index is 13.3. The number of ketones is 1. The van der Waals surface area contributed by atoms with Crippen molar-refractivity contribution in [2.45, 2.75) is 24.3 Å². The van der Waals surface area contributed by atoms with Gasteiger partial charge in [-0.25, -0.2) is 0 Å². The molecule has 4 nitrogen and oxygen atoms in total. The van der Waals surface area contributed by atoms with E-state index in [0.29, 0.717) is 16.7 Å². The number of carbonyl (C=O) groups is 1. The first kappa shape index (κ1) is 19.2. The molecule has 4 rings (SSSR count). The molecule has 144 valence electrons. The number of thioether (sulfide) groups is 1. The van der Waals surface area contributed by atoms with Gasteiger partial charge in [-0.2, -0.15) is 0 Å². The highest BCUT2D eigenvalue weighted by Crippen LogP contribution is 2.38. The number of rotatable bonds is 6. The van der Waals surface area contributed by atoms with E-state index in [4.69, 9.17) is 4.42 Å². The predicted molar refractivity (Wildman–Crippen MR) is 115 cm³/mol. The molecule has 0 fully saturated rings. The zero-order chi connectivity index (χ0) is 20.2. The highest BCUT2D eigenvalue weighted by atomic mass is 32.2. The van der Waals surface area contributed by atoms with Gasteiger partial charge in [0.25, 0.3) is 5.22 Å². The normalized spacial score (nSPS) is 11.9. The van der Waals surface area contributed by atoms with Crippen molar-refractivity contribution in [3.05, 3.63) is 101 Å². The van der Waals surface area contributed by atoms with Crippen molar-refractivity contribution in [3.63, 3.8) is 0 Å². The summed E-state index contributed by atoms with van der Waals surface area (Å²) in [5, 5.41) is 8.20. The van der Waals surface area contributed by atoms with Crippen molar-refractivity contribution in [2.75, 3.05) is 0 Å². The fourth-order valence-corrected chi connectivity index (χ4v) is 3.89. The van der Waals surface area contributed by atoms with Gasteiger partial charge in [-0.15, -0.1) is 10.2 Å². The Morgan fingerprint density at radius 1 is 0.828 bits per heavy atom. The average molecular weight is 401 g/mol. The summed E-state index contributed by atoms with van der Waals surface area (Å²) in [5.41, 5.74) is 4.68. The number of carbonyl (C=O) groups excluding carboxylic acids is 1. The second kappa shape index (κ2) is 8.45. The SMILES string of the molecule is Cc1ccc(C(=O)C(Sc2nnc(-c3ccccc3)o2)c2ccc(C)cc2)cc1. The summed E-state index contributed by atoms with van der Waals surface area (Å²) in [4.78, 5) is 13.3. The first-order valence-electron chi connectivity index (χ1n) is 9.33. The molecule has 0 amide bonds. The van der Waals surface area contributed by atoms with Crippen molar-refractivity contribution < 1.29 is 9.21 Å². The summed E-state index contributed by atoms with van der Waals surface area (Å²) >= 11 is 1.28. The van der Waals surface area contributed by atoms with Crippen molar-refractivity contribution in [1.29, 1.82) is 0 Å². The molecular weight excluding hydrogens is 380 g/mol. The van der Waals surface area contributed by atoms with Crippen LogP contribution < -0.4 is 0 Å². The summed E-state index contributed by atoms with van der Waals surface area (Å²) in [7, 11) is 0. The lowest BCUT2D eigenvalue weighted by Gasteiger charge is -2.14. The van der Waals surface area contributed by atoms with Crippen molar-refractivity contribution in [1.82, 2.24) is 10.2 Å². The van der Waals surface area contributed by atoms with Crippen LogP contribution in [0, 0.1) is 13.8 Å². The Balaban J connectivity index is 1.65. The molecule has 1 atom stereocenters. The third-order valence-electron chi connectivity index (χ3n) is 4.60. The van der Waals surface area contributed by atoms with E-state index in [1.54, 1.807) is 0 Å². The van der Waals surface area contributed by atoms with Crippen molar-refractivity contribution >= 4 is 17.5 Å². The molecule has 3 aromatic carbocycles. The van der Waals surface area contributed by atoms with Crippen molar-refractivity contribution in [2.24, 2.45) is 0 Å². The van der Waals surface area contributed by atoms with Crippen LogP contribution in [0.5, 0.6) is 0 Å². The lowest BCUT2D eigenvalue weighted by Crippen LogP contribution is -2.10. The minimum Gasteiger partial charge on any atom is -0.411 e. The average Bonchev–Trinajstić information content (AvgIpc) is 3.22. The number of benzene rings is 3. The van der Waals surface area contributed by atoms with Gasteiger partial charge in [-0.3, -0.25) is 4.79 Å². The number of Topliss-reactive ketones (excluding diaryl/α,β-unsaturated/α-hetero) is 1. The second-order valence-electron chi connectivity index (χ2n) is 6.88. The fraction of sp³-hybridized carbons (Fsp3) is 0.125. The van der Waals surface area contributed by atoms with Crippen LogP contribution in [0.25, 0.3) is 11.5 Å². The number of hydrogen-bond donors (Lipinski definition) is 0. The van der Waals surface area contributed by atoms with E-state index >= 15 is 0 Å². The molecule has 1 aromatic heterocycles. The summed E-state index contributed by atoms with van der Waals surface area (Å²) in [6.07, 6.45) is 0. The molecule has 0 N–H and O–H groups in total. The zero-order valence-electron chi connectivity index (χ0n) is 16.2. The van der Waals surface area contributed by atoms with E-state index in [1.807, 2.05) is 92.7 Å². The van der Waals surface area contributed by atoms with Crippen molar-refractivity contribution in [3.8, 4) is 11.5 Å². The largest absolute Gasteiger partial charge is 0.411 e. The van der Waals surface area contributed by atoms with Gasteiger partial charge in [0.2, 0.25) is 5.89 Å². The monoisotopic (exact) mass is 400 g/mol. The molecule has 0 saturated carbocycles. The Bertz CT molecular complexity index is 1100. The molecule has 0 aliphatic carbocycles. The van der Waals surface area contributed by atoms with Crippen LogP contribution >= 0.6 is 11.8 Å². The molecule has 29 heavy (non-hydrogen) atoms. The summed E-state index contributed by atoms with van der Waals surface area (Å²) < 4.78 is 5.84. The van der Waals surface area contributed by atoms with Gasteiger partial charge in [0, 0.05) is 11.1 Å².